The van der Waals surface area contributed by atoms with E-state index in [2.05, 4.69) is 65.5 Å². The molecule has 0 bridgehead atoms. The van der Waals surface area contributed by atoms with Crippen LogP contribution in [0.1, 0.15) is 28.1 Å². The highest BCUT2D eigenvalue weighted by atomic mass is 35.5. The molecule has 1 aromatic heterocycles. The number of hydrogen-bond acceptors (Lipinski definition) is 2. The normalized spacial score (nSPS) is 12.1. The average molecular weight is 469 g/mol. The maximum atomic E-state index is 12.5. The summed E-state index contributed by atoms with van der Waals surface area (Å²) in [4.78, 5) is 13.7. The van der Waals surface area contributed by atoms with Crippen molar-refractivity contribution >= 4 is 51.8 Å². The van der Waals surface area contributed by atoms with Gasteiger partial charge in [-0.15, -0.1) is 11.8 Å². The Balaban J connectivity index is 1.47. The highest BCUT2D eigenvalue weighted by molar-refractivity contribution is 7.99. The molecule has 1 heterocycles. The minimum Gasteiger partial charge on any atom is -0.350 e. The molecule has 31 heavy (non-hydrogen) atoms. The fourth-order valence-electron chi connectivity index (χ4n) is 3.53. The van der Waals surface area contributed by atoms with Crippen LogP contribution in [0.4, 0.5) is 0 Å². The van der Waals surface area contributed by atoms with E-state index in [1.54, 1.807) is 18.2 Å². The topological polar surface area (TPSA) is 34.0 Å². The molecule has 1 amide bonds. The molecule has 4 rings (SSSR count). The number of carbonyl (C=O) groups excluding carboxylic acids is 1. The van der Waals surface area contributed by atoms with Crippen molar-refractivity contribution in [3.63, 3.8) is 0 Å². The van der Waals surface area contributed by atoms with Gasteiger partial charge >= 0.3 is 0 Å². The van der Waals surface area contributed by atoms with Crippen molar-refractivity contribution in [2.75, 3.05) is 6.54 Å². The van der Waals surface area contributed by atoms with Gasteiger partial charge in [-0.25, -0.2) is 0 Å². The van der Waals surface area contributed by atoms with Crippen molar-refractivity contribution in [1.82, 2.24) is 9.88 Å². The predicted molar refractivity (Wildman–Crippen MR) is 131 cm³/mol. The molecule has 158 valence electrons. The molecule has 0 saturated heterocycles. The molecule has 0 fully saturated rings. The summed E-state index contributed by atoms with van der Waals surface area (Å²) in [6.45, 7) is 3.38. The van der Waals surface area contributed by atoms with Crippen LogP contribution in [0.2, 0.25) is 10.0 Å². The molecular formula is C25H22Cl2N2OS. The van der Waals surface area contributed by atoms with Gasteiger partial charge in [0.05, 0.1) is 10.6 Å². The monoisotopic (exact) mass is 468 g/mol. The third-order valence-corrected chi connectivity index (χ3v) is 6.89. The highest BCUT2D eigenvalue weighted by Crippen LogP contribution is 2.39. The first-order valence-electron chi connectivity index (χ1n) is 10.1. The second-order valence-corrected chi connectivity index (χ2v) is 9.48. The summed E-state index contributed by atoms with van der Waals surface area (Å²) >= 11 is 13.9. The third-order valence-electron chi connectivity index (χ3n) is 5.14. The Morgan fingerprint density at radius 1 is 1.03 bits per heavy atom. The number of carbonyl (C=O) groups is 1. The number of rotatable bonds is 7. The minimum atomic E-state index is -0.203. The molecule has 0 radical (unpaired) electrons. The zero-order valence-corrected chi connectivity index (χ0v) is 19.3. The molecule has 1 atom stereocenters. The van der Waals surface area contributed by atoms with E-state index in [-0.39, 0.29) is 5.91 Å². The summed E-state index contributed by atoms with van der Waals surface area (Å²) in [5.41, 5.74) is 2.89. The van der Waals surface area contributed by atoms with Gasteiger partial charge in [-0.3, -0.25) is 4.79 Å². The summed E-state index contributed by atoms with van der Waals surface area (Å²) in [6.07, 6.45) is 2.18. The van der Waals surface area contributed by atoms with Crippen LogP contribution in [0.25, 0.3) is 10.9 Å². The number of hydrogen-bond donors (Lipinski definition) is 1. The average Bonchev–Trinajstić information content (AvgIpc) is 3.12. The molecule has 3 aromatic carbocycles. The number of thioether (sulfide) groups is 1. The highest BCUT2D eigenvalue weighted by Gasteiger charge is 2.14. The second-order valence-electron chi connectivity index (χ2n) is 7.25. The molecule has 4 aromatic rings. The van der Waals surface area contributed by atoms with Crippen molar-refractivity contribution in [2.24, 2.45) is 0 Å². The summed E-state index contributed by atoms with van der Waals surface area (Å²) in [7, 11) is 0. The van der Waals surface area contributed by atoms with E-state index in [0.717, 1.165) is 5.52 Å². The van der Waals surface area contributed by atoms with Gasteiger partial charge in [0.25, 0.3) is 5.91 Å². The van der Waals surface area contributed by atoms with Crippen LogP contribution in [0.15, 0.2) is 83.9 Å². The lowest BCUT2D eigenvalue weighted by Crippen LogP contribution is -2.27. The number of nitrogens with one attached hydrogen (secondary N) is 1. The van der Waals surface area contributed by atoms with Gasteiger partial charge in [-0.1, -0.05) is 71.7 Å². The lowest BCUT2D eigenvalue weighted by Gasteiger charge is -2.10. The first-order chi connectivity index (χ1) is 15.0. The molecule has 1 N–H and O–H groups in total. The predicted octanol–water partition coefficient (Wildman–Crippen LogP) is 7.23. The van der Waals surface area contributed by atoms with Crippen LogP contribution in [0.5, 0.6) is 0 Å². The lowest BCUT2D eigenvalue weighted by atomic mass is 10.2. The Labute approximate surface area is 196 Å². The zero-order valence-electron chi connectivity index (χ0n) is 17.0. The van der Waals surface area contributed by atoms with Gasteiger partial charge in [-0.2, -0.15) is 0 Å². The molecule has 0 aliphatic rings. The summed E-state index contributed by atoms with van der Waals surface area (Å²) in [6, 6.07) is 23.8. The van der Waals surface area contributed by atoms with Gasteiger partial charge in [-0.05, 0) is 36.8 Å². The number of benzene rings is 3. The Kier molecular flexibility index (Phi) is 6.91. The van der Waals surface area contributed by atoms with E-state index < -0.39 is 0 Å². The quantitative estimate of drug-likeness (QED) is 0.290. The molecule has 6 heteroatoms. The second kappa shape index (κ2) is 9.82. The molecule has 0 spiro atoms. The fraction of sp³-hybridized carbons (Fsp3) is 0.160. The van der Waals surface area contributed by atoms with Crippen LogP contribution in [-0.4, -0.2) is 17.0 Å². The number of aromatic nitrogens is 1. The molecular weight excluding hydrogens is 447 g/mol. The molecule has 0 aliphatic heterocycles. The number of nitrogens with zero attached hydrogens (tertiary/aromatic N) is 1. The smallest absolute Gasteiger partial charge is 0.252 e. The SMILES string of the molecule is CC(Sc1cn(CCNC(=O)c2ccc(Cl)cc2Cl)c2ccccc12)c1ccccc1. The van der Waals surface area contributed by atoms with E-state index in [4.69, 9.17) is 23.2 Å². The number of para-hydroxylation sites is 1. The van der Waals surface area contributed by atoms with E-state index >= 15 is 0 Å². The Morgan fingerprint density at radius 3 is 2.55 bits per heavy atom. The van der Waals surface area contributed by atoms with Gasteiger partial charge < -0.3 is 9.88 Å². The molecule has 3 nitrogen and oxygen atoms in total. The Hall–Kier alpha value is -2.40. The van der Waals surface area contributed by atoms with Crippen molar-refractivity contribution in [3.8, 4) is 0 Å². The molecule has 0 saturated carbocycles. The number of halogens is 2. The van der Waals surface area contributed by atoms with Crippen molar-refractivity contribution in [1.29, 1.82) is 0 Å². The van der Waals surface area contributed by atoms with Crippen molar-refractivity contribution in [3.05, 3.63) is 100 Å². The zero-order chi connectivity index (χ0) is 21.8. The number of fused-ring (bicyclic) bond motifs is 1. The largest absolute Gasteiger partial charge is 0.350 e. The standard InChI is InChI=1S/C25H22Cl2N2OS/c1-17(18-7-3-2-4-8-18)31-24-16-29(23-10-6-5-9-21(23)24)14-13-28-25(30)20-12-11-19(26)15-22(20)27/h2-12,15-17H,13-14H2,1H3,(H,28,30). The third kappa shape index (κ3) is 5.09. The maximum Gasteiger partial charge on any atom is 0.252 e. The van der Waals surface area contributed by atoms with Crippen molar-refractivity contribution < 1.29 is 4.79 Å². The van der Waals surface area contributed by atoms with Crippen molar-refractivity contribution in [2.45, 2.75) is 23.6 Å². The first-order valence-corrected chi connectivity index (χ1v) is 11.7. The van der Waals surface area contributed by atoms with Gasteiger partial charge in [0.1, 0.15) is 0 Å². The van der Waals surface area contributed by atoms with Crippen LogP contribution in [0.3, 0.4) is 0 Å². The summed E-state index contributed by atoms with van der Waals surface area (Å²) < 4.78 is 2.19. The van der Waals surface area contributed by atoms with Gasteiger partial charge in [0, 0.05) is 45.4 Å². The van der Waals surface area contributed by atoms with E-state index in [1.165, 1.54) is 15.8 Å². The summed E-state index contributed by atoms with van der Waals surface area (Å²) in [5.74, 6) is -0.203. The molecule has 0 aliphatic carbocycles. The Morgan fingerprint density at radius 2 is 1.77 bits per heavy atom. The van der Waals surface area contributed by atoms with Gasteiger partial charge in [0.15, 0.2) is 0 Å². The maximum absolute atomic E-state index is 12.5. The number of amides is 1. The fourth-order valence-corrected chi connectivity index (χ4v) is 5.19. The molecule has 1 unspecified atom stereocenters. The lowest BCUT2D eigenvalue weighted by molar-refractivity contribution is 0.0952. The van der Waals surface area contributed by atoms with Crippen LogP contribution < -0.4 is 5.32 Å². The van der Waals surface area contributed by atoms with Crippen LogP contribution >= 0.6 is 35.0 Å². The van der Waals surface area contributed by atoms with Gasteiger partial charge in [0.2, 0.25) is 0 Å². The Bertz CT molecular complexity index is 1210. The van der Waals surface area contributed by atoms with Crippen LogP contribution in [0, 0.1) is 0 Å². The minimum absolute atomic E-state index is 0.203. The van der Waals surface area contributed by atoms with E-state index in [0.29, 0.717) is 33.9 Å². The van der Waals surface area contributed by atoms with Crippen LogP contribution in [-0.2, 0) is 6.54 Å². The van der Waals surface area contributed by atoms with E-state index in [9.17, 15) is 4.79 Å². The van der Waals surface area contributed by atoms with E-state index in [1.807, 2.05) is 23.9 Å². The summed E-state index contributed by atoms with van der Waals surface area (Å²) in [5, 5.41) is 5.38. The first kappa shape index (κ1) is 21.8.